The van der Waals surface area contributed by atoms with Crippen LogP contribution >= 0.6 is 0 Å². The quantitative estimate of drug-likeness (QED) is 0.563. The molecule has 2 aliphatic rings. The molecule has 0 aromatic heterocycles. The first-order chi connectivity index (χ1) is 7.37. The number of hydrogen-bond acceptors (Lipinski definition) is 0. The van der Waals surface area contributed by atoms with Crippen molar-refractivity contribution in [2.24, 2.45) is 29.6 Å². The van der Waals surface area contributed by atoms with E-state index < -0.39 is 0 Å². The SMILES string of the molecule is CC1=[C]([Ti])C(C)C2=C1C(C)C(C)C(C)C2C. The fraction of sp³-hybridized carbons (Fsp3) is 0.733. The van der Waals surface area contributed by atoms with Crippen molar-refractivity contribution in [3.8, 4) is 0 Å². The van der Waals surface area contributed by atoms with E-state index in [4.69, 9.17) is 0 Å². The summed E-state index contributed by atoms with van der Waals surface area (Å²) in [5.41, 5.74) is 5.07. The number of allylic oxidation sites excluding steroid dienone is 4. The van der Waals surface area contributed by atoms with Gasteiger partial charge in [0.15, 0.2) is 0 Å². The number of rotatable bonds is 0. The van der Waals surface area contributed by atoms with Crippen LogP contribution in [0.3, 0.4) is 0 Å². The van der Waals surface area contributed by atoms with Gasteiger partial charge in [0.25, 0.3) is 0 Å². The van der Waals surface area contributed by atoms with E-state index in [1.54, 1.807) is 20.6 Å². The van der Waals surface area contributed by atoms with E-state index in [1.165, 1.54) is 0 Å². The maximum atomic E-state index is 2.44. The Labute approximate surface area is 112 Å². The summed E-state index contributed by atoms with van der Waals surface area (Å²) in [6, 6.07) is 0. The predicted molar refractivity (Wildman–Crippen MR) is 65.5 cm³/mol. The summed E-state index contributed by atoms with van der Waals surface area (Å²) in [7, 11) is 0. The van der Waals surface area contributed by atoms with Gasteiger partial charge in [-0.3, -0.25) is 0 Å². The average molecular weight is 251 g/mol. The van der Waals surface area contributed by atoms with Crippen LogP contribution in [0.5, 0.6) is 0 Å². The van der Waals surface area contributed by atoms with Crippen molar-refractivity contribution < 1.29 is 20.4 Å². The normalized spacial score (nSPS) is 43.9. The standard InChI is InChI=1S/C15H23.Ti/c1-8-7-9(2)15-13(6)11(4)10(3)12(5)14(8)15;/h8,10-13H,1-6H3;. The molecule has 0 nitrogen and oxygen atoms in total. The number of hydrogen-bond donors (Lipinski definition) is 0. The summed E-state index contributed by atoms with van der Waals surface area (Å²) in [6.45, 7) is 14.5. The summed E-state index contributed by atoms with van der Waals surface area (Å²) >= 11 is 2.33. The van der Waals surface area contributed by atoms with Crippen LogP contribution in [0.15, 0.2) is 20.6 Å². The molecule has 0 saturated heterocycles. The topological polar surface area (TPSA) is 0 Å². The Bertz CT molecular complexity index is 375. The van der Waals surface area contributed by atoms with Crippen molar-refractivity contribution in [3.05, 3.63) is 20.6 Å². The molecule has 0 aliphatic heterocycles. The zero-order chi connectivity index (χ0) is 12.2. The van der Waals surface area contributed by atoms with Crippen LogP contribution in [-0.4, -0.2) is 0 Å². The molecule has 0 spiro atoms. The molecule has 0 bridgehead atoms. The van der Waals surface area contributed by atoms with Crippen LogP contribution < -0.4 is 0 Å². The molecule has 2 rings (SSSR count). The third kappa shape index (κ3) is 1.53. The van der Waals surface area contributed by atoms with Crippen molar-refractivity contribution in [2.45, 2.75) is 41.5 Å². The van der Waals surface area contributed by atoms with Gasteiger partial charge in [-0.15, -0.1) is 0 Å². The fourth-order valence-corrected chi connectivity index (χ4v) is 4.23. The molecule has 0 aromatic carbocycles. The van der Waals surface area contributed by atoms with Gasteiger partial charge < -0.3 is 0 Å². The molecule has 0 aromatic rings. The van der Waals surface area contributed by atoms with Gasteiger partial charge in [-0.05, 0) is 0 Å². The molecule has 87 valence electrons. The Balaban J connectivity index is 2.54. The Morgan fingerprint density at radius 2 is 1.38 bits per heavy atom. The first-order valence-corrected chi connectivity index (χ1v) is 7.32. The van der Waals surface area contributed by atoms with E-state index in [0.717, 1.165) is 23.7 Å². The molecular formula is C15H23Ti. The summed E-state index contributed by atoms with van der Waals surface area (Å²) in [5.74, 6) is 3.86. The van der Waals surface area contributed by atoms with Crippen molar-refractivity contribution in [1.82, 2.24) is 0 Å². The first-order valence-electron chi connectivity index (χ1n) is 6.54. The third-order valence-corrected chi connectivity index (χ3v) is 6.63. The fourth-order valence-electron chi connectivity index (χ4n) is 3.78. The molecule has 1 heteroatoms. The first kappa shape index (κ1) is 12.6. The molecule has 0 heterocycles. The Morgan fingerprint density at radius 1 is 0.875 bits per heavy atom. The third-order valence-electron chi connectivity index (χ3n) is 5.37. The van der Waals surface area contributed by atoms with Gasteiger partial charge in [0, 0.05) is 0 Å². The van der Waals surface area contributed by atoms with Crippen LogP contribution in [-0.2, 0) is 20.4 Å². The van der Waals surface area contributed by atoms with Crippen molar-refractivity contribution in [1.29, 1.82) is 0 Å². The molecule has 0 amide bonds. The molecule has 0 fully saturated rings. The van der Waals surface area contributed by atoms with Gasteiger partial charge >= 0.3 is 112 Å². The van der Waals surface area contributed by atoms with Gasteiger partial charge in [0.2, 0.25) is 0 Å². The summed E-state index contributed by atoms with van der Waals surface area (Å²) in [4.78, 5) is 0. The second-order valence-corrected chi connectivity index (χ2v) is 6.77. The van der Waals surface area contributed by atoms with E-state index >= 15 is 0 Å². The summed E-state index contributed by atoms with van der Waals surface area (Å²) < 4.78 is 1.62. The Kier molecular flexibility index (Phi) is 3.27. The Morgan fingerprint density at radius 3 is 1.94 bits per heavy atom. The summed E-state index contributed by atoms with van der Waals surface area (Å²) in [6.07, 6.45) is 0. The van der Waals surface area contributed by atoms with Crippen LogP contribution in [0.25, 0.3) is 0 Å². The predicted octanol–water partition coefficient (Wildman–Crippen LogP) is 4.31. The van der Waals surface area contributed by atoms with Gasteiger partial charge in [0.05, 0.1) is 0 Å². The zero-order valence-electron chi connectivity index (χ0n) is 11.4. The minimum atomic E-state index is 0.697. The van der Waals surface area contributed by atoms with Crippen LogP contribution in [0.2, 0.25) is 0 Å². The summed E-state index contributed by atoms with van der Waals surface area (Å²) in [5, 5.41) is 0. The average Bonchev–Trinajstić information content (AvgIpc) is 2.48. The molecule has 2 aliphatic carbocycles. The minimum absolute atomic E-state index is 0.697. The van der Waals surface area contributed by atoms with E-state index in [9.17, 15) is 0 Å². The van der Waals surface area contributed by atoms with Crippen molar-refractivity contribution >= 4 is 0 Å². The van der Waals surface area contributed by atoms with Crippen molar-refractivity contribution in [2.75, 3.05) is 0 Å². The van der Waals surface area contributed by atoms with Crippen LogP contribution in [0.1, 0.15) is 41.5 Å². The van der Waals surface area contributed by atoms with Gasteiger partial charge in [-0.2, -0.15) is 0 Å². The van der Waals surface area contributed by atoms with Gasteiger partial charge in [-0.25, -0.2) is 0 Å². The molecule has 0 radical (unpaired) electrons. The van der Waals surface area contributed by atoms with Crippen LogP contribution in [0.4, 0.5) is 0 Å². The van der Waals surface area contributed by atoms with E-state index in [1.807, 2.05) is 0 Å². The monoisotopic (exact) mass is 251 g/mol. The van der Waals surface area contributed by atoms with E-state index in [-0.39, 0.29) is 0 Å². The van der Waals surface area contributed by atoms with Gasteiger partial charge in [0.1, 0.15) is 0 Å². The maximum absolute atomic E-state index is 2.44. The molecule has 5 atom stereocenters. The Hall–Kier alpha value is 0.194. The van der Waals surface area contributed by atoms with E-state index in [2.05, 4.69) is 62.0 Å². The molecule has 5 unspecified atom stereocenters. The zero-order valence-corrected chi connectivity index (χ0v) is 12.9. The van der Waals surface area contributed by atoms with Crippen molar-refractivity contribution in [3.63, 3.8) is 0 Å². The van der Waals surface area contributed by atoms with Gasteiger partial charge in [-0.1, -0.05) is 0 Å². The molecule has 16 heavy (non-hydrogen) atoms. The second kappa shape index (κ2) is 4.14. The van der Waals surface area contributed by atoms with E-state index in [0.29, 0.717) is 5.92 Å². The second-order valence-electron chi connectivity index (χ2n) is 5.92. The molecular weight excluding hydrogens is 228 g/mol. The molecule has 0 saturated carbocycles. The van der Waals surface area contributed by atoms with Crippen LogP contribution in [0, 0.1) is 29.6 Å². The molecule has 0 N–H and O–H groups in total.